The molecule has 8 nitrogen and oxygen atoms in total. The number of unbranched alkanes of at least 4 members (excludes halogenated alkanes) is 1. The van der Waals surface area contributed by atoms with Gasteiger partial charge in [-0.15, -0.1) is 0 Å². The normalized spacial score (nSPS) is 13.6. The Hall–Kier alpha value is -3.85. The number of para-hydroxylation sites is 2. The third kappa shape index (κ3) is 8.29. The van der Waals surface area contributed by atoms with Gasteiger partial charge in [-0.1, -0.05) is 79.5 Å². The van der Waals surface area contributed by atoms with Crippen molar-refractivity contribution < 1.29 is 19.0 Å². The second-order valence-corrected chi connectivity index (χ2v) is 12.0. The highest BCUT2D eigenvalue weighted by molar-refractivity contribution is 6.30. The van der Waals surface area contributed by atoms with Crippen LogP contribution in [0.25, 0.3) is 11.1 Å². The zero-order chi connectivity index (χ0) is 32.3. The largest absolute Gasteiger partial charge is 0.495 e. The van der Waals surface area contributed by atoms with Gasteiger partial charge in [0.15, 0.2) is 5.15 Å². The van der Waals surface area contributed by atoms with Crippen molar-refractivity contribution in [3.05, 3.63) is 101 Å². The number of ether oxygens (including phenoxy) is 3. The van der Waals surface area contributed by atoms with Crippen LogP contribution in [0.2, 0.25) is 5.15 Å². The van der Waals surface area contributed by atoms with E-state index in [1.54, 1.807) is 13.2 Å². The van der Waals surface area contributed by atoms with Gasteiger partial charge in [0.1, 0.15) is 11.6 Å². The molecule has 0 bridgehead atoms. The molecule has 1 fully saturated rings. The summed E-state index contributed by atoms with van der Waals surface area (Å²) in [4.78, 5) is 21.9. The van der Waals surface area contributed by atoms with Crippen molar-refractivity contribution in [1.82, 2.24) is 14.5 Å². The van der Waals surface area contributed by atoms with E-state index in [1.807, 2.05) is 42.5 Å². The maximum Gasteiger partial charge on any atom is 0.338 e. The van der Waals surface area contributed by atoms with Gasteiger partial charge in [0.05, 0.1) is 37.8 Å². The number of benzene rings is 3. The topological polar surface area (TPSA) is 69.1 Å². The highest BCUT2D eigenvalue weighted by atomic mass is 35.5. The van der Waals surface area contributed by atoms with Crippen molar-refractivity contribution in [1.29, 1.82) is 0 Å². The first-order chi connectivity index (χ1) is 22.5. The highest BCUT2D eigenvalue weighted by Crippen LogP contribution is 2.29. The molecule has 0 amide bonds. The Bertz CT molecular complexity index is 1560. The van der Waals surface area contributed by atoms with E-state index in [2.05, 4.69) is 45.6 Å². The summed E-state index contributed by atoms with van der Waals surface area (Å²) in [5, 5.41) is 0.516. The van der Waals surface area contributed by atoms with Crippen LogP contribution in [0.5, 0.6) is 5.75 Å². The summed E-state index contributed by atoms with van der Waals surface area (Å²) < 4.78 is 18.9. The Balaban J connectivity index is 1.17. The Morgan fingerprint density at radius 1 is 0.913 bits per heavy atom. The Morgan fingerprint density at radius 2 is 1.65 bits per heavy atom. The fourth-order valence-corrected chi connectivity index (χ4v) is 6.27. The smallest absolute Gasteiger partial charge is 0.338 e. The second-order valence-electron chi connectivity index (χ2n) is 11.6. The molecule has 0 spiro atoms. The number of carbonyl (C=O) groups is 1. The Labute approximate surface area is 277 Å². The van der Waals surface area contributed by atoms with E-state index in [9.17, 15) is 4.79 Å². The van der Waals surface area contributed by atoms with Gasteiger partial charge >= 0.3 is 5.97 Å². The zero-order valence-electron chi connectivity index (χ0n) is 27.2. The number of anilines is 1. The number of imidazole rings is 1. The number of aromatic nitrogens is 2. The van der Waals surface area contributed by atoms with E-state index in [1.165, 1.54) is 12.8 Å². The minimum absolute atomic E-state index is 0.343. The minimum atomic E-state index is -0.343. The van der Waals surface area contributed by atoms with Crippen LogP contribution in [0, 0.1) is 0 Å². The molecule has 5 rings (SSSR count). The van der Waals surface area contributed by atoms with Crippen molar-refractivity contribution in [2.24, 2.45) is 0 Å². The quantitative estimate of drug-likeness (QED) is 0.101. The summed E-state index contributed by atoms with van der Waals surface area (Å²) in [7, 11) is 3.14. The van der Waals surface area contributed by atoms with Crippen LogP contribution in [-0.4, -0.2) is 74.0 Å². The van der Waals surface area contributed by atoms with Crippen LogP contribution >= 0.6 is 11.6 Å². The van der Waals surface area contributed by atoms with E-state index in [4.69, 9.17) is 30.8 Å². The van der Waals surface area contributed by atoms with Gasteiger partial charge in [-0.2, -0.15) is 0 Å². The molecule has 244 valence electrons. The lowest BCUT2D eigenvalue weighted by atomic mass is 9.98. The summed E-state index contributed by atoms with van der Waals surface area (Å²) in [6, 6.07) is 24.0. The molecular weight excluding hydrogens is 600 g/mol. The summed E-state index contributed by atoms with van der Waals surface area (Å²) >= 11 is 6.70. The van der Waals surface area contributed by atoms with Gasteiger partial charge in [-0.25, -0.2) is 9.78 Å². The average molecular weight is 645 g/mol. The van der Waals surface area contributed by atoms with Crippen molar-refractivity contribution in [3.63, 3.8) is 0 Å². The summed E-state index contributed by atoms with van der Waals surface area (Å²) in [6.07, 6.45) is 3.94. The zero-order valence-corrected chi connectivity index (χ0v) is 28.0. The van der Waals surface area contributed by atoms with Gasteiger partial charge in [0.25, 0.3) is 0 Å². The molecule has 0 N–H and O–H groups in total. The van der Waals surface area contributed by atoms with E-state index < -0.39 is 0 Å². The van der Waals surface area contributed by atoms with Crippen molar-refractivity contribution in [2.45, 2.75) is 45.8 Å². The van der Waals surface area contributed by atoms with Crippen LogP contribution in [0.3, 0.4) is 0 Å². The molecule has 46 heavy (non-hydrogen) atoms. The van der Waals surface area contributed by atoms with Crippen molar-refractivity contribution >= 4 is 23.3 Å². The molecule has 9 heteroatoms. The molecule has 1 aliphatic rings. The van der Waals surface area contributed by atoms with Crippen LogP contribution in [0.4, 0.5) is 5.69 Å². The van der Waals surface area contributed by atoms with Crippen molar-refractivity contribution in [3.8, 4) is 16.9 Å². The van der Waals surface area contributed by atoms with Gasteiger partial charge in [-0.05, 0) is 47.7 Å². The summed E-state index contributed by atoms with van der Waals surface area (Å²) in [6.45, 7) is 8.91. The number of esters is 1. The van der Waals surface area contributed by atoms with Crippen LogP contribution in [0.1, 0.15) is 53.6 Å². The predicted octanol–water partition coefficient (Wildman–Crippen LogP) is 7.12. The molecule has 1 saturated heterocycles. The van der Waals surface area contributed by atoms with E-state index >= 15 is 0 Å². The van der Waals surface area contributed by atoms with E-state index in [-0.39, 0.29) is 5.97 Å². The number of carbonyl (C=O) groups excluding carboxylic acids is 1. The maximum atomic E-state index is 12.3. The third-order valence-corrected chi connectivity index (χ3v) is 8.90. The SMILES string of the molecule is CCCCc1nc(Cl)c(COCCCN2CCN(c3ccccc3OC)CC2)n1Cc1ccc(-c2ccccc2C(=O)OC)cc1. The lowest BCUT2D eigenvalue weighted by Gasteiger charge is -2.36. The standard InChI is InChI=1S/C37H45ClN4O4/c1-4-5-15-35-39-36(38)33(27-46-25-10-20-40-21-23-41(24-22-40)32-13-8-9-14-34(32)44-2)42(35)26-28-16-18-29(19-17-28)30-11-6-7-12-31(30)37(43)45-3/h6-9,11-14,16-19H,4-5,10,15,20-27H2,1-3H3. The molecule has 1 aliphatic heterocycles. The maximum absolute atomic E-state index is 12.3. The number of hydrogen-bond donors (Lipinski definition) is 0. The van der Waals surface area contributed by atoms with Crippen molar-refractivity contribution in [2.75, 3.05) is 58.5 Å². The number of nitrogens with zero attached hydrogens (tertiary/aromatic N) is 4. The molecule has 1 aromatic heterocycles. The first-order valence-electron chi connectivity index (χ1n) is 16.2. The lowest BCUT2D eigenvalue weighted by Crippen LogP contribution is -2.46. The monoisotopic (exact) mass is 644 g/mol. The molecule has 2 heterocycles. The second kappa shape index (κ2) is 16.6. The molecule has 4 aromatic rings. The Morgan fingerprint density at radius 3 is 2.39 bits per heavy atom. The number of methoxy groups -OCH3 is 2. The molecule has 0 aliphatic carbocycles. The summed E-state index contributed by atoms with van der Waals surface area (Å²) in [5.74, 6) is 1.57. The van der Waals surface area contributed by atoms with Crippen LogP contribution < -0.4 is 9.64 Å². The molecule has 0 saturated carbocycles. The molecular formula is C37H45ClN4O4. The minimum Gasteiger partial charge on any atom is -0.495 e. The van der Waals surface area contributed by atoms with Crippen LogP contribution in [0.15, 0.2) is 72.8 Å². The van der Waals surface area contributed by atoms with Gasteiger partial charge in [-0.3, -0.25) is 4.90 Å². The van der Waals surface area contributed by atoms with Gasteiger partial charge in [0.2, 0.25) is 0 Å². The summed E-state index contributed by atoms with van der Waals surface area (Å²) in [5.41, 5.74) is 5.57. The number of rotatable bonds is 15. The first-order valence-corrected chi connectivity index (χ1v) is 16.6. The molecule has 3 aromatic carbocycles. The molecule has 0 atom stereocenters. The average Bonchev–Trinajstić information content (AvgIpc) is 3.40. The molecule has 0 unspecified atom stereocenters. The van der Waals surface area contributed by atoms with Crippen LogP contribution in [-0.2, 0) is 29.0 Å². The van der Waals surface area contributed by atoms with Gasteiger partial charge in [0, 0.05) is 52.3 Å². The van der Waals surface area contributed by atoms with E-state index in [0.29, 0.717) is 30.5 Å². The highest BCUT2D eigenvalue weighted by Gasteiger charge is 2.20. The van der Waals surface area contributed by atoms with Gasteiger partial charge < -0.3 is 23.7 Å². The number of halogens is 1. The fraction of sp³-hybridized carbons (Fsp3) is 0.405. The molecule has 0 radical (unpaired) electrons. The van der Waals surface area contributed by atoms with E-state index in [0.717, 1.165) is 92.4 Å². The number of aryl methyl sites for hydroxylation is 1. The number of piperazine rings is 1. The third-order valence-electron chi connectivity index (χ3n) is 8.59. The predicted molar refractivity (Wildman–Crippen MR) is 184 cm³/mol. The Kier molecular flexibility index (Phi) is 12.1. The lowest BCUT2D eigenvalue weighted by molar-refractivity contribution is 0.0601. The first kappa shape index (κ1) is 33.5. The number of hydrogen-bond acceptors (Lipinski definition) is 7. The fourth-order valence-electron chi connectivity index (χ4n) is 6.01.